The number of rotatable bonds is 5. The molecule has 1 unspecified atom stereocenters. The standard InChI is InChI=1S/C15H15NO3S/c1-12(13-8-10-14(18-2)11-9-13)16-19-20(17)15-6-4-3-5-7-15/h3-11H,1-2H3. The second-order valence-corrected chi connectivity index (χ2v) is 5.12. The summed E-state index contributed by atoms with van der Waals surface area (Å²) in [5.41, 5.74) is 1.53. The third-order valence-corrected chi connectivity index (χ3v) is 3.55. The molecule has 0 N–H and O–H groups in total. The Kier molecular flexibility index (Phi) is 4.90. The fraction of sp³-hybridized carbons (Fsp3) is 0.133. The van der Waals surface area contributed by atoms with Crippen LogP contribution in [0.4, 0.5) is 0 Å². The van der Waals surface area contributed by atoms with Gasteiger partial charge in [0.25, 0.3) is 11.1 Å². The SMILES string of the molecule is COc1ccc(C(C)=NOS(=O)c2ccccc2)cc1. The van der Waals surface area contributed by atoms with E-state index in [4.69, 9.17) is 9.02 Å². The highest BCUT2D eigenvalue weighted by Gasteiger charge is 2.05. The molecule has 0 amide bonds. The number of hydrogen-bond donors (Lipinski definition) is 0. The first-order chi connectivity index (χ1) is 9.70. The number of hydrogen-bond acceptors (Lipinski definition) is 4. The Bertz CT molecular complexity index is 609. The van der Waals surface area contributed by atoms with E-state index in [9.17, 15) is 4.21 Å². The zero-order valence-electron chi connectivity index (χ0n) is 11.3. The maximum atomic E-state index is 11.8. The summed E-state index contributed by atoms with van der Waals surface area (Å²) in [6.07, 6.45) is 0. The Hall–Kier alpha value is -2.14. The Morgan fingerprint density at radius 2 is 1.70 bits per heavy atom. The van der Waals surface area contributed by atoms with Gasteiger partial charge in [0.15, 0.2) is 0 Å². The van der Waals surface area contributed by atoms with Crippen LogP contribution in [0, 0.1) is 0 Å². The molecule has 2 aromatic rings. The van der Waals surface area contributed by atoms with Gasteiger partial charge in [-0.15, -0.1) is 0 Å². The van der Waals surface area contributed by atoms with Crippen molar-refractivity contribution in [3.63, 3.8) is 0 Å². The van der Waals surface area contributed by atoms with Crippen LogP contribution >= 0.6 is 0 Å². The first-order valence-electron chi connectivity index (χ1n) is 6.04. The summed E-state index contributed by atoms with van der Waals surface area (Å²) in [4.78, 5) is 0.582. The predicted octanol–water partition coefficient (Wildman–Crippen LogP) is 3.16. The van der Waals surface area contributed by atoms with Gasteiger partial charge in [-0.25, -0.2) is 4.21 Å². The van der Waals surface area contributed by atoms with Crippen LogP contribution in [0.1, 0.15) is 12.5 Å². The van der Waals surface area contributed by atoms with E-state index in [0.29, 0.717) is 10.6 Å². The van der Waals surface area contributed by atoms with Gasteiger partial charge in [-0.1, -0.05) is 23.4 Å². The van der Waals surface area contributed by atoms with Gasteiger partial charge in [-0.05, 0) is 48.9 Å². The normalized spacial score (nSPS) is 12.8. The van der Waals surface area contributed by atoms with E-state index >= 15 is 0 Å². The van der Waals surface area contributed by atoms with Crippen LogP contribution in [0.5, 0.6) is 5.75 Å². The Balaban J connectivity index is 2.05. The molecule has 20 heavy (non-hydrogen) atoms. The summed E-state index contributed by atoms with van der Waals surface area (Å²) in [6, 6.07) is 16.3. The molecule has 0 heterocycles. The van der Waals surface area contributed by atoms with Gasteiger partial charge in [0.1, 0.15) is 5.75 Å². The molecule has 2 aromatic carbocycles. The van der Waals surface area contributed by atoms with Gasteiger partial charge in [0.05, 0.1) is 17.7 Å². The van der Waals surface area contributed by atoms with Crippen molar-refractivity contribution in [2.75, 3.05) is 7.11 Å². The van der Waals surface area contributed by atoms with Crippen LogP contribution in [0.2, 0.25) is 0 Å². The van der Waals surface area contributed by atoms with Gasteiger partial charge < -0.3 is 4.74 Å². The molecule has 1 atom stereocenters. The van der Waals surface area contributed by atoms with E-state index in [-0.39, 0.29) is 0 Å². The van der Waals surface area contributed by atoms with Crippen molar-refractivity contribution in [2.45, 2.75) is 11.8 Å². The third kappa shape index (κ3) is 3.68. The molecule has 0 aliphatic rings. The number of benzene rings is 2. The summed E-state index contributed by atoms with van der Waals surface area (Å²) in [5, 5.41) is 3.90. The molecule has 104 valence electrons. The molecule has 0 aromatic heterocycles. The van der Waals surface area contributed by atoms with E-state index in [1.807, 2.05) is 30.3 Å². The molecule has 0 saturated carbocycles. The minimum absolute atomic E-state index is 0.582. The lowest BCUT2D eigenvalue weighted by Crippen LogP contribution is -1.99. The van der Waals surface area contributed by atoms with Crippen molar-refractivity contribution in [1.29, 1.82) is 0 Å². The largest absolute Gasteiger partial charge is 0.497 e. The van der Waals surface area contributed by atoms with E-state index in [2.05, 4.69) is 5.16 Å². The zero-order valence-corrected chi connectivity index (χ0v) is 12.1. The van der Waals surface area contributed by atoms with Crippen molar-refractivity contribution < 1.29 is 13.2 Å². The summed E-state index contributed by atoms with van der Waals surface area (Å²) in [7, 11) is 1.61. The average molecular weight is 289 g/mol. The van der Waals surface area contributed by atoms with Crippen molar-refractivity contribution in [3.05, 3.63) is 60.2 Å². The van der Waals surface area contributed by atoms with Crippen LogP contribution in [-0.2, 0) is 15.4 Å². The zero-order chi connectivity index (χ0) is 14.4. The van der Waals surface area contributed by atoms with Gasteiger partial charge in [0, 0.05) is 0 Å². The lowest BCUT2D eigenvalue weighted by molar-refractivity contribution is 0.373. The molecular weight excluding hydrogens is 274 g/mol. The second kappa shape index (κ2) is 6.86. The molecule has 0 radical (unpaired) electrons. The van der Waals surface area contributed by atoms with E-state index < -0.39 is 11.1 Å². The van der Waals surface area contributed by atoms with Crippen LogP contribution < -0.4 is 4.74 Å². The lowest BCUT2D eigenvalue weighted by atomic mass is 10.1. The molecule has 0 spiro atoms. The van der Waals surface area contributed by atoms with Crippen molar-refractivity contribution >= 4 is 16.8 Å². The van der Waals surface area contributed by atoms with Crippen LogP contribution in [0.15, 0.2) is 64.6 Å². The molecule has 4 nitrogen and oxygen atoms in total. The first-order valence-corrected chi connectivity index (χ1v) is 7.11. The molecule has 0 aliphatic carbocycles. The highest BCUT2D eigenvalue weighted by Crippen LogP contribution is 2.13. The summed E-state index contributed by atoms with van der Waals surface area (Å²) >= 11 is -1.60. The van der Waals surface area contributed by atoms with Gasteiger partial charge in [-0.2, -0.15) is 0 Å². The summed E-state index contributed by atoms with van der Waals surface area (Å²) < 4.78 is 22.0. The fourth-order valence-corrected chi connectivity index (χ4v) is 2.19. The monoisotopic (exact) mass is 289 g/mol. The van der Waals surface area contributed by atoms with Crippen LogP contribution in [-0.4, -0.2) is 17.0 Å². The highest BCUT2D eigenvalue weighted by atomic mass is 32.2. The lowest BCUT2D eigenvalue weighted by Gasteiger charge is -2.03. The topological polar surface area (TPSA) is 47.9 Å². The number of oxime groups is 1. The Morgan fingerprint density at radius 3 is 2.30 bits per heavy atom. The van der Waals surface area contributed by atoms with E-state index in [1.165, 1.54) is 0 Å². The van der Waals surface area contributed by atoms with Crippen molar-refractivity contribution in [1.82, 2.24) is 0 Å². The maximum Gasteiger partial charge on any atom is 0.265 e. The fourth-order valence-electron chi connectivity index (χ4n) is 1.55. The molecule has 0 bridgehead atoms. The van der Waals surface area contributed by atoms with Crippen molar-refractivity contribution in [2.24, 2.45) is 5.16 Å². The molecule has 0 aliphatic heterocycles. The highest BCUT2D eigenvalue weighted by molar-refractivity contribution is 7.80. The quantitative estimate of drug-likeness (QED) is 0.627. The number of methoxy groups -OCH3 is 1. The van der Waals surface area contributed by atoms with Gasteiger partial charge in [-0.3, -0.25) is 4.28 Å². The molecule has 0 saturated heterocycles. The number of nitrogens with zero attached hydrogens (tertiary/aromatic N) is 1. The van der Waals surface area contributed by atoms with E-state index in [0.717, 1.165) is 11.3 Å². The average Bonchev–Trinajstić information content (AvgIpc) is 2.53. The van der Waals surface area contributed by atoms with Crippen LogP contribution in [0.3, 0.4) is 0 Å². The summed E-state index contributed by atoms with van der Waals surface area (Å²) in [6.45, 7) is 1.80. The Labute approximate surface area is 120 Å². The van der Waals surface area contributed by atoms with Crippen molar-refractivity contribution in [3.8, 4) is 5.75 Å². The molecule has 2 rings (SSSR count). The third-order valence-electron chi connectivity index (χ3n) is 2.69. The molecule has 5 heteroatoms. The second-order valence-electron chi connectivity index (χ2n) is 4.03. The molecular formula is C15H15NO3S. The summed E-state index contributed by atoms with van der Waals surface area (Å²) in [5.74, 6) is 0.773. The first kappa shape index (κ1) is 14.3. The van der Waals surface area contributed by atoms with Crippen LogP contribution in [0.25, 0.3) is 0 Å². The Morgan fingerprint density at radius 1 is 1.05 bits per heavy atom. The minimum Gasteiger partial charge on any atom is -0.497 e. The van der Waals surface area contributed by atoms with Gasteiger partial charge >= 0.3 is 0 Å². The molecule has 0 fully saturated rings. The predicted molar refractivity (Wildman–Crippen MR) is 79.1 cm³/mol. The minimum atomic E-state index is -1.60. The van der Waals surface area contributed by atoms with Gasteiger partial charge in [0.2, 0.25) is 0 Å². The maximum absolute atomic E-state index is 11.8. The smallest absolute Gasteiger partial charge is 0.265 e. The van der Waals surface area contributed by atoms with E-state index in [1.54, 1.807) is 38.3 Å². The number of ether oxygens (including phenoxy) is 1.